The first kappa shape index (κ1) is 39.8. The van der Waals surface area contributed by atoms with Gasteiger partial charge in [-0.3, -0.25) is 14.4 Å². The number of aliphatic hydroxyl groups excluding tert-OH is 1. The Morgan fingerprint density at radius 3 is 2.23 bits per heavy atom. The molecule has 53 heavy (non-hydrogen) atoms. The molecule has 13 heteroatoms. The molecule has 0 spiro atoms. The smallest absolute Gasteiger partial charge is 0.357 e. The maximum absolute atomic E-state index is 14.1. The molecule has 2 aliphatic heterocycles. The molecule has 0 aliphatic carbocycles. The molecule has 0 bridgehead atoms. The number of rotatable bonds is 10. The summed E-state index contributed by atoms with van der Waals surface area (Å²) in [4.78, 5) is 66.9. The van der Waals surface area contributed by atoms with Gasteiger partial charge in [0, 0.05) is 32.5 Å². The number of hydrogen-bond donors (Lipinski definition) is 3. The van der Waals surface area contributed by atoms with Gasteiger partial charge in [-0.15, -0.1) is 11.3 Å². The van der Waals surface area contributed by atoms with Gasteiger partial charge in [-0.25, -0.2) is 14.8 Å². The third-order valence-corrected chi connectivity index (χ3v) is 10.8. The van der Waals surface area contributed by atoms with Crippen molar-refractivity contribution in [2.24, 2.45) is 11.3 Å². The lowest BCUT2D eigenvalue weighted by molar-refractivity contribution is -0.144. The molecule has 2 unspecified atom stereocenters. The third-order valence-electron chi connectivity index (χ3n) is 9.87. The largest absolute Gasteiger partial charge is 0.455 e. The van der Waals surface area contributed by atoms with Crippen molar-refractivity contribution in [1.29, 1.82) is 0 Å². The Hall–Kier alpha value is -4.36. The lowest BCUT2D eigenvalue weighted by atomic mass is 9.85. The van der Waals surface area contributed by atoms with Gasteiger partial charge in [0.25, 0.3) is 0 Å². The Balaban J connectivity index is 1.15. The molecular formula is C40H54N6O6S. The lowest BCUT2D eigenvalue weighted by Gasteiger charge is -2.36. The number of pyridine rings is 1. The minimum atomic E-state index is -0.884. The van der Waals surface area contributed by atoms with Gasteiger partial charge >= 0.3 is 5.97 Å². The van der Waals surface area contributed by atoms with Gasteiger partial charge in [0.2, 0.25) is 17.7 Å². The van der Waals surface area contributed by atoms with Crippen LogP contribution in [0.4, 0.5) is 5.69 Å². The Labute approximate surface area is 316 Å². The summed E-state index contributed by atoms with van der Waals surface area (Å²) in [6.07, 6.45) is 2.78. The summed E-state index contributed by atoms with van der Waals surface area (Å²) in [6, 6.07) is 9.44. The highest BCUT2D eigenvalue weighted by molar-refractivity contribution is 7.13. The number of β-amino-alcohol motifs (C(OH)–C–C–N with tert-alkyl or cyclic N) is 1. The number of aliphatic hydroxyl groups is 1. The summed E-state index contributed by atoms with van der Waals surface area (Å²) in [5.41, 5.74) is 4.68. The number of carbonyl (C=O) groups excluding carboxylic acids is 4. The average Bonchev–Trinajstić information content (AvgIpc) is 3.71. The van der Waals surface area contributed by atoms with Gasteiger partial charge in [0.05, 0.1) is 40.1 Å². The first-order valence-corrected chi connectivity index (χ1v) is 19.3. The van der Waals surface area contributed by atoms with Crippen LogP contribution >= 0.6 is 11.3 Å². The molecule has 4 heterocycles. The monoisotopic (exact) mass is 746 g/mol. The zero-order chi connectivity index (χ0) is 38.7. The first-order chi connectivity index (χ1) is 24.9. The number of thiazole rings is 1. The van der Waals surface area contributed by atoms with Gasteiger partial charge in [0.15, 0.2) is 0 Å². The molecule has 286 valence electrons. The van der Waals surface area contributed by atoms with Crippen LogP contribution in [0, 0.1) is 18.3 Å². The van der Waals surface area contributed by atoms with E-state index in [1.165, 1.54) is 4.90 Å². The Morgan fingerprint density at radius 1 is 0.981 bits per heavy atom. The molecule has 4 atom stereocenters. The normalized spacial score (nSPS) is 19.4. The number of esters is 1. The van der Waals surface area contributed by atoms with Crippen LogP contribution in [0.1, 0.15) is 102 Å². The van der Waals surface area contributed by atoms with Crippen LogP contribution in [-0.2, 0) is 19.1 Å². The topological polar surface area (TPSA) is 154 Å². The molecule has 3 amide bonds. The van der Waals surface area contributed by atoms with Crippen LogP contribution < -0.4 is 15.5 Å². The van der Waals surface area contributed by atoms with Gasteiger partial charge < -0.3 is 30.3 Å². The number of ether oxygens (including phenoxy) is 1. The van der Waals surface area contributed by atoms with Crippen molar-refractivity contribution < 1.29 is 29.0 Å². The summed E-state index contributed by atoms with van der Waals surface area (Å²) >= 11 is 1.58. The van der Waals surface area contributed by atoms with Crippen molar-refractivity contribution in [1.82, 2.24) is 25.5 Å². The minimum Gasteiger partial charge on any atom is -0.455 e. The van der Waals surface area contributed by atoms with E-state index in [2.05, 4.69) is 25.5 Å². The number of carbonyl (C=O) groups is 4. The van der Waals surface area contributed by atoms with Crippen molar-refractivity contribution in [3.05, 3.63) is 65.1 Å². The number of nitrogens with zero attached hydrogens (tertiary/aromatic N) is 4. The lowest BCUT2D eigenvalue weighted by Crippen LogP contribution is -2.58. The van der Waals surface area contributed by atoms with Gasteiger partial charge in [-0.1, -0.05) is 45.0 Å². The summed E-state index contributed by atoms with van der Waals surface area (Å²) in [5.74, 6) is -1.27. The van der Waals surface area contributed by atoms with E-state index in [0.29, 0.717) is 0 Å². The second kappa shape index (κ2) is 16.3. The number of likely N-dealkylation sites (tertiary alicyclic amines) is 1. The number of nitrogens with one attached hydrogen (secondary N) is 2. The van der Waals surface area contributed by atoms with E-state index in [1.807, 2.05) is 91.2 Å². The number of hydrogen-bond acceptors (Lipinski definition) is 10. The molecular weight excluding hydrogens is 693 g/mol. The van der Waals surface area contributed by atoms with Gasteiger partial charge in [-0.2, -0.15) is 0 Å². The van der Waals surface area contributed by atoms with E-state index in [0.717, 1.165) is 53.3 Å². The number of amides is 3. The Morgan fingerprint density at radius 2 is 1.66 bits per heavy atom. The van der Waals surface area contributed by atoms with Crippen LogP contribution in [-0.4, -0.2) is 87.1 Å². The number of benzene rings is 1. The maximum Gasteiger partial charge on any atom is 0.357 e. The molecule has 1 aromatic carbocycles. The number of aromatic nitrogens is 2. The Kier molecular flexibility index (Phi) is 12.3. The van der Waals surface area contributed by atoms with E-state index in [4.69, 9.17) is 4.74 Å². The first-order valence-electron chi connectivity index (χ1n) is 18.4. The molecule has 2 aromatic heterocycles. The predicted octanol–water partition coefficient (Wildman–Crippen LogP) is 5.45. The number of aryl methyl sites for hydroxylation is 1. The van der Waals surface area contributed by atoms with Crippen molar-refractivity contribution >= 4 is 40.7 Å². The molecule has 2 fully saturated rings. The quantitative estimate of drug-likeness (QED) is 0.230. The molecule has 2 saturated heterocycles. The fourth-order valence-electron chi connectivity index (χ4n) is 6.92. The molecule has 2 aliphatic rings. The van der Waals surface area contributed by atoms with E-state index in [-0.39, 0.29) is 54.8 Å². The predicted molar refractivity (Wildman–Crippen MR) is 205 cm³/mol. The fourth-order valence-corrected chi connectivity index (χ4v) is 7.73. The van der Waals surface area contributed by atoms with Crippen molar-refractivity contribution in [2.45, 2.75) is 111 Å². The molecule has 0 saturated carbocycles. The Bertz CT molecular complexity index is 1760. The molecule has 5 rings (SSSR count). The second-order valence-electron chi connectivity index (χ2n) is 16.4. The van der Waals surface area contributed by atoms with Crippen LogP contribution in [0.25, 0.3) is 10.4 Å². The van der Waals surface area contributed by atoms with Crippen LogP contribution in [0.5, 0.6) is 0 Å². The minimum absolute atomic E-state index is 0.0166. The van der Waals surface area contributed by atoms with Crippen molar-refractivity contribution in [3.8, 4) is 10.4 Å². The van der Waals surface area contributed by atoms with E-state index in [9.17, 15) is 24.3 Å². The van der Waals surface area contributed by atoms with Crippen LogP contribution in [0.3, 0.4) is 0 Å². The van der Waals surface area contributed by atoms with E-state index < -0.39 is 35.2 Å². The number of anilines is 1. The van der Waals surface area contributed by atoms with Crippen LogP contribution in [0.15, 0.2) is 48.1 Å². The molecule has 3 N–H and O–H groups in total. The van der Waals surface area contributed by atoms with Crippen molar-refractivity contribution in [3.63, 3.8) is 0 Å². The standard InChI is InChI=1S/C40H54N6O6S/c1-24(27-9-11-28(12-10-27)34-25(2)42-23-53-34)43-36(49)32-20-30(47)22-46(32)37(50)35(39(3,4)5)44-33(48)19-26-15-17-45(18-16-26)29-13-14-31(41-21-29)38(51)52-40(6,7)8/h9-14,21,23-24,26,30,32,35,47H,15-20,22H2,1-8H3,(H,43,49)(H,44,48)/t24?,30-,32+,35?/m1/s1. The number of piperidine rings is 1. The van der Waals surface area contributed by atoms with Crippen LogP contribution in [0.2, 0.25) is 0 Å². The molecule has 12 nitrogen and oxygen atoms in total. The highest BCUT2D eigenvalue weighted by atomic mass is 32.1. The highest BCUT2D eigenvalue weighted by Crippen LogP contribution is 2.31. The highest BCUT2D eigenvalue weighted by Gasteiger charge is 2.45. The van der Waals surface area contributed by atoms with E-state index >= 15 is 0 Å². The maximum atomic E-state index is 14.1. The average molecular weight is 747 g/mol. The SMILES string of the molecule is Cc1ncsc1-c1ccc(C(C)NC(=O)[C@@H]2C[C@@H](O)CN2C(=O)C(NC(=O)CC2CCN(c3ccc(C(=O)OC(C)(C)C)nc3)CC2)C(C)(C)C)cc1. The third kappa shape index (κ3) is 10.2. The summed E-state index contributed by atoms with van der Waals surface area (Å²) in [7, 11) is 0. The van der Waals surface area contributed by atoms with Gasteiger partial charge in [-0.05, 0) is 82.1 Å². The fraction of sp³-hybridized carbons (Fsp3) is 0.550. The second-order valence-corrected chi connectivity index (χ2v) is 17.3. The molecule has 0 radical (unpaired) electrons. The zero-order valence-electron chi connectivity index (χ0n) is 32.1. The summed E-state index contributed by atoms with van der Waals surface area (Å²) < 4.78 is 5.41. The zero-order valence-corrected chi connectivity index (χ0v) is 33.0. The van der Waals surface area contributed by atoms with Crippen molar-refractivity contribution in [2.75, 3.05) is 24.5 Å². The van der Waals surface area contributed by atoms with E-state index in [1.54, 1.807) is 23.6 Å². The van der Waals surface area contributed by atoms with Gasteiger partial charge in [0.1, 0.15) is 23.4 Å². The summed E-state index contributed by atoms with van der Waals surface area (Å²) in [6.45, 7) is 16.4. The molecule has 3 aromatic rings. The summed E-state index contributed by atoms with van der Waals surface area (Å²) in [5, 5.41) is 16.7.